The summed E-state index contributed by atoms with van der Waals surface area (Å²) in [5.41, 5.74) is 8.20. The van der Waals surface area contributed by atoms with Gasteiger partial charge in [-0.15, -0.1) is 0 Å². The zero-order valence-electron chi connectivity index (χ0n) is 10.2. The van der Waals surface area contributed by atoms with Crippen LogP contribution >= 0.6 is 50.1 Å². The van der Waals surface area contributed by atoms with Gasteiger partial charge in [-0.25, -0.2) is 0 Å². The second kappa shape index (κ2) is 6.43. The summed E-state index contributed by atoms with van der Waals surface area (Å²) in [6.07, 6.45) is 0. The van der Waals surface area contributed by atoms with E-state index in [1.807, 2.05) is 36.4 Å². The first-order chi connectivity index (χ1) is 9.02. The van der Waals surface area contributed by atoms with Gasteiger partial charge in [-0.1, -0.05) is 33.6 Å². The van der Waals surface area contributed by atoms with Gasteiger partial charge >= 0.3 is 0 Å². The second-order valence-electron chi connectivity index (χ2n) is 4.04. The Hall–Kier alpha value is -0.300. The molecule has 0 fully saturated rings. The highest BCUT2D eigenvalue weighted by Gasteiger charge is 2.15. The highest BCUT2D eigenvalue weighted by molar-refractivity contribution is 14.1. The number of halogens is 3. The van der Waals surface area contributed by atoms with Crippen molar-refractivity contribution in [3.8, 4) is 5.75 Å². The van der Waals surface area contributed by atoms with Crippen LogP contribution < -0.4 is 10.5 Å². The summed E-state index contributed by atoms with van der Waals surface area (Å²) in [4.78, 5) is 0. The van der Waals surface area contributed by atoms with Crippen molar-refractivity contribution in [3.63, 3.8) is 0 Å². The highest BCUT2D eigenvalue weighted by Crippen LogP contribution is 2.32. The topological polar surface area (TPSA) is 35.2 Å². The molecule has 2 aromatic rings. The fourth-order valence-electron chi connectivity index (χ4n) is 1.83. The molecular weight excluding hydrogens is 440 g/mol. The van der Waals surface area contributed by atoms with Crippen LogP contribution in [0.25, 0.3) is 0 Å². The summed E-state index contributed by atoms with van der Waals surface area (Å²) in [7, 11) is 1.64. The van der Waals surface area contributed by atoms with E-state index < -0.39 is 0 Å². The Bertz CT molecular complexity index is 606. The average Bonchev–Trinajstić information content (AvgIpc) is 2.41. The third kappa shape index (κ3) is 3.42. The van der Waals surface area contributed by atoms with E-state index in [4.69, 9.17) is 22.1 Å². The van der Waals surface area contributed by atoms with Gasteiger partial charge in [0.2, 0.25) is 0 Å². The third-order valence-electron chi connectivity index (χ3n) is 2.83. The number of hydrogen-bond donors (Lipinski definition) is 1. The van der Waals surface area contributed by atoms with Crippen LogP contribution in [0, 0.1) is 3.57 Å². The number of nitrogens with two attached hydrogens (primary N) is 1. The zero-order valence-corrected chi connectivity index (χ0v) is 14.7. The van der Waals surface area contributed by atoms with E-state index in [2.05, 4.69) is 38.5 Å². The largest absolute Gasteiger partial charge is 0.496 e. The lowest BCUT2D eigenvalue weighted by atomic mass is 9.99. The van der Waals surface area contributed by atoms with Gasteiger partial charge in [-0.05, 0) is 58.5 Å². The van der Waals surface area contributed by atoms with E-state index in [9.17, 15) is 0 Å². The molecule has 0 saturated heterocycles. The maximum atomic E-state index is 6.32. The van der Waals surface area contributed by atoms with Gasteiger partial charge in [0.25, 0.3) is 0 Å². The molecule has 0 radical (unpaired) electrons. The maximum absolute atomic E-state index is 6.32. The molecule has 5 heteroatoms. The van der Waals surface area contributed by atoms with Crippen molar-refractivity contribution < 1.29 is 4.74 Å². The predicted octanol–water partition coefficient (Wildman–Crippen LogP) is 4.76. The lowest BCUT2D eigenvalue weighted by molar-refractivity contribution is 0.407. The molecule has 0 aliphatic heterocycles. The van der Waals surface area contributed by atoms with Crippen molar-refractivity contribution in [3.05, 3.63) is 60.6 Å². The van der Waals surface area contributed by atoms with Crippen molar-refractivity contribution in [2.24, 2.45) is 5.73 Å². The number of benzene rings is 2. The Morgan fingerprint density at radius 2 is 2.00 bits per heavy atom. The molecule has 100 valence electrons. The smallest absolute Gasteiger partial charge is 0.124 e. The predicted molar refractivity (Wildman–Crippen MR) is 90.9 cm³/mol. The van der Waals surface area contributed by atoms with Crippen LogP contribution in [0.4, 0.5) is 0 Å². The minimum absolute atomic E-state index is 0.276. The van der Waals surface area contributed by atoms with E-state index >= 15 is 0 Å². The Kier molecular flexibility index (Phi) is 5.11. The Morgan fingerprint density at radius 3 is 2.63 bits per heavy atom. The first-order valence-corrected chi connectivity index (χ1v) is 7.82. The van der Waals surface area contributed by atoms with Crippen molar-refractivity contribution in [2.45, 2.75) is 6.04 Å². The quantitative estimate of drug-likeness (QED) is 0.682. The van der Waals surface area contributed by atoms with Crippen molar-refractivity contribution >= 4 is 50.1 Å². The molecule has 0 aliphatic rings. The molecule has 0 heterocycles. The summed E-state index contributed by atoms with van der Waals surface area (Å²) in [5, 5.41) is 0.711. The van der Waals surface area contributed by atoms with Crippen LogP contribution in [0.1, 0.15) is 17.2 Å². The normalized spacial score (nSPS) is 12.3. The monoisotopic (exact) mass is 451 g/mol. The van der Waals surface area contributed by atoms with E-state index in [1.165, 1.54) is 0 Å². The molecule has 2 nitrogen and oxygen atoms in total. The molecule has 0 spiro atoms. The fraction of sp³-hybridized carbons (Fsp3) is 0.143. The number of ether oxygens (including phenoxy) is 1. The second-order valence-corrected chi connectivity index (χ2v) is 6.52. The number of rotatable bonds is 3. The number of methoxy groups -OCH3 is 1. The van der Waals surface area contributed by atoms with Crippen LogP contribution in [0.5, 0.6) is 5.75 Å². The van der Waals surface area contributed by atoms with Gasteiger partial charge in [-0.2, -0.15) is 0 Å². The molecule has 19 heavy (non-hydrogen) atoms. The van der Waals surface area contributed by atoms with Gasteiger partial charge in [0.05, 0.1) is 18.2 Å². The summed E-state index contributed by atoms with van der Waals surface area (Å²) >= 11 is 11.8. The lowest BCUT2D eigenvalue weighted by Gasteiger charge is -2.17. The molecule has 0 amide bonds. The minimum Gasteiger partial charge on any atom is -0.496 e. The summed E-state index contributed by atoms with van der Waals surface area (Å²) in [6.45, 7) is 0. The summed E-state index contributed by atoms with van der Waals surface area (Å²) < 4.78 is 7.34. The van der Waals surface area contributed by atoms with Crippen LogP contribution in [-0.4, -0.2) is 7.11 Å². The average molecular weight is 453 g/mol. The third-order valence-corrected chi connectivity index (χ3v) is 4.90. The van der Waals surface area contributed by atoms with E-state index in [0.717, 1.165) is 24.9 Å². The Balaban J connectivity index is 2.45. The minimum atomic E-state index is -0.276. The molecule has 1 unspecified atom stereocenters. The van der Waals surface area contributed by atoms with Crippen LogP contribution in [0.3, 0.4) is 0 Å². The standard InChI is InChI=1S/C14H12BrClINO/c1-19-13-5-3-9(15)7-10(13)14(18)8-2-4-12(17)11(16)6-8/h2-7,14H,18H2,1H3. The summed E-state index contributed by atoms with van der Waals surface area (Å²) in [6, 6.07) is 11.4. The SMILES string of the molecule is COc1ccc(Br)cc1C(N)c1ccc(I)c(Cl)c1. The molecule has 0 aliphatic carbocycles. The highest BCUT2D eigenvalue weighted by atomic mass is 127. The van der Waals surface area contributed by atoms with Crippen molar-refractivity contribution in [2.75, 3.05) is 7.11 Å². The van der Waals surface area contributed by atoms with Crippen LogP contribution in [0.2, 0.25) is 5.02 Å². The van der Waals surface area contributed by atoms with Crippen LogP contribution in [0.15, 0.2) is 40.9 Å². The molecular formula is C14H12BrClINO. The molecule has 0 aromatic heterocycles. The fourth-order valence-corrected chi connectivity index (χ4v) is 2.74. The van der Waals surface area contributed by atoms with Gasteiger partial charge in [0.15, 0.2) is 0 Å². The van der Waals surface area contributed by atoms with E-state index in [1.54, 1.807) is 7.11 Å². The molecule has 2 aromatic carbocycles. The van der Waals surface area contributed by atoms with Crippen molar-refractivity contribution in [1.29, 1.82) is 0 Å². The van der Waals surface area contributed by atoms with Gasteiger partial charge in [-0.3, -0.25) is 0 Å². The van der Waals surface area contributed by atoms with Gasteiger partial charge < -0.3 is 10.5 Å². The zero-order chi connectivity index (χ0) is 14.0. The van der Waals surface area contributed by atoms with Gasteiger partial charge in [0.1, 0.15) is 5.75 Å². The Morgan fingerprint density at radius 1 is 1.26 bits per heavy atom. The van der Waals surface area contributed by atoms with Crippen LogP contribution in [-0.2, 0) is 0 Å². The molecule has 0 bridgehead atoms. The van der Waals surface area contributed by atoms with E-state index in [0.29, 0.717) is 5.02 Å². The van der Waals surface area contributed by atoms with Crippen molar-refractivity contribution in [1.82, 2.24) is 0 Å². The first kappa shape index (κ1) is 15.1. The Labute approximate surface area is 139 Å². The maximum Gasteiger partial charge on any atom is 0.124 e. The molecule has 0 saturated carbocycles. The molecule has 2 rings (SSSR count). The molecule has 1 atom stereocenters. The lowest BCUT2D eigenvalue weighted by Crippen LogP contribution is -2.13. The van der Waals surface area contributed by atoms with Gasteiger partial charge in [0, 0.05) is 13.6 Å². The molecule has 2 N–H and O–H groups in total. The first-order valence-electron chi connectivity index (χ1n) is 5.57. The number of hydrogen-bond acceptors (Lipinski definition) is 2. The van der Waals surface area contributed by atoms with E-state index in [-0.39, 0.29) is 6.04 Å². The summed E-state index contributed by atoms with van der Waals surface area (Å²) in [5.74, 6) is 0.769.